The molecule has 0 saturated heterocycles. The topological polar surface area (TPSA) is 9.23 Å². The fraction of sp³-hybridized carbons (Fsp3) is 0.250. The van der Waals surface area contributed by atoms with Crippen molar-refractivity contribution in [2.24, 2.45) is 0 Å². The zero-order valence-corrected chi connectivity index (χ0v) is 7.33. The molecule has 0 amide bonds. The molecule has 0 unspecified atom stereocenters. The third kappa shape index (κ3) is 2.37. The van der Waals surface area contributed by atoms with E-state index in [-0.39, 0.29) is 5.75 Å². The zero-order valence-electron chi connectivity index (χ0n) is 6.51. The van der Waals surface area contributed by atoms with Gasteiger partial charge in [-0.15, -0.1) is 11.8 Å². The number of ether oxygens (including phenoxy) is 1. The molecule has 0 aliphatic heterocycles. The molecule has 0 aliphatic rings. The van der Waals surface area contributed by atoms with E-state index in [4.69, 9.17) is 4.74 Å². The lowest BCUT2D eigenvalue weighted by Crippen LogP contribution is -1.95. The van der Waals surface area contributed by atoms with Gasteiger partial charge in [0.25, 0.3) is 0 Å². The van der Waals surface area contributed by atoms with Crippen molar-refractivity contribution >= 4 is 11.8 Å². The van der Waals surface area contributed by atoms with Crippen LogP contribution in [0.2, 0.25) is 0 Å². The largest absolute Gasteiger partial charge is 0.480 e. The first-order valence-electron chi connectivity index (χ1n) is 3.31. The fourth-order valence-electron chi connectivity index (χ4n) is 0.710. The zero-order chi connectivity index (χ0) is 8.97. The summed E-state index contributed by atoms with van der Waals surface area (Å²) in [7, 11) is 0. The number of thioether (sulfide) groups is 1. The van der Waals surface area contributed by atoms with E-state index in [0.717, 1.165) is 18.2 Å². The summed E-state index contributed by atoms with van der Waals surface area (Å²) in [5, 5.41) is 0. The molecule has 0 spiro atoms. The standard InChI is InChI=1S/C8H8F2OS/c1-12-5-11-8-4-6(9)2-3-7(8)10/h2-4H,5H2,1H3. The van der Waals surface area contributed by atoms with E-state index < -0.39 is 11.6 Å². The molecule has 1 rings (SSSR count). The third-order valence-electron chi connectivity index (χ3n) is 1.23. The summed E-state index contributed by atoms with van der Waals surface area (Å²) in [5.74, 6) is -0.747. The highest BCUT2D eigenvalue weighted by Crippen LogP contribution is 2.18. The normalized spacial score (nSPS) is 9.92. The summed E-state index contributed by atoms with van der Waals surface area (Å²) in [4.78, 5) is 0. The molecule has 0 fully saturated rings. The average molecular weight is 190 g/mol. The van der Waals surface area contributed by atoms with Crippen molar-refractivity contribution in [3.8, 4) is 5.75 Å². The molecule has 0 bridgehead atoms. The maximum Gasteiger partial charge on any atom is 0.165 e. The summed E-state index contributed by atoms with van der Waals surface area (Å²) in [6, 6.07) is 3.14. The van der Waals surface area contributed by atoms with Gasteiger partial charge >= 0.3 is 0 Å². The minimum absolute atomic E-state index is 0.0376. The fourth-order valence-corrected chi connectivity index (χ4v) is 0.955. The van der Waals surface area contributed by atoms with Gasteiger partial charge in [-0.2, -0.15) is 0 Å². The maximum atomic E-state index is 12.8. The maximum absolute atomic E-state index is 12.8. The Kier molecular flexibility index (Phi) is 3.34. The molecule has 0 saturated carbocycles. The van der Waals surface area contributed by atoms with Crippen LogP contribution in [0.25, 0.3) is 0 Å². The molecule has 4 heteroatoms. The number of benzene rings is 1. The first-order valence-corrected chi connectivity index (χ1v) is 4.70. The van der Waals surface area contributed by atoms with Crippen LogP contribution in [0.5, 0.6) is 5.75 Å². The second-order valence-corrected chi connectivity index (χ2v) is 2.94. The van der Waals surface area contributed by atoms with Gasteiger partial charge in [0.05, 0.1) is 0 Å². The molecular weight excluding hydrogens is 182 g/mol. The molecule has 0 atom stereocenters. The smallest absolute Gasteiger partial charge is 0.165 e. The lowest BCUT2D eigenvalue weighted by atomic mass is 10.3. The summed E-state index contributed by atoms with van der Waals surface area (Å²) < 4.78 is 30.2. The number of halogens is 2. The number of hydrogen-bond donors (Lipinski definition) is 0. The van der Waals surface area contributed by atoms with Crippen LogP contribution in [-0.4, -0.2) is 12.2 Å². The minimum Gasteiger partial charge on any atom is -0.480 e. The SMILES string of the molecule is CSCOc1cc(F)ccc1F. The quantitative estimate of drug-likeness (QED) is 0.678. The van der Waals surface area contributed by atoms with E-state index >= 15 is 0 Å². The molecule has 1 aromatic rings. The molecule has 0 aromatic heterocycles. The van der Waals surface area contributed by atoms with E-state index in [2.05, 4.69) is 0 Å². The molecule has 12 heavy (non-hydrogen) atoms. The van der Waals surface area contributed by atoms with Crippen molar-refractivity contribution in [1.82, 2.24) is 0 Å². The third-order valence-corrected chi connectivity index (χ3v) is 1.58. The van der Waals surface area contributed by atoms with Crippen LogP contribution >= 0.6 is 11.8 Å². The Hall–Kier alpha value is -0.770. The lowest BCUT2D eigenvalue weighted by molar-refractivity contribution is 0.365. The van der Waals surface area contributed by atoms with Gasteiger partial charge in [0.1, 0.15) is 11.8 Å². The van der Waals surface area contributed by atoms with E-state index in [0.29, 0.717) is 5.94 Å². The minimum atomic E-state index is -0.537. The number of hydrogen-bond acceptors (Lipinski definition) is 2. The summed E-state index contributed by atoms with van der Waals surface area (Å²) in [5.41, 5.74) is 0. The molecule has 0 aliphatic carbocycles. The second-order valence-electron chi connectivity index (χ2n) is 2.13. The summed E-state index contributed by atoms with van der Waals surface area (Å²) in [6.07, 6.45) is 1.82. The molecule has 0 N–H and O–H groups in total. The van der Waals surface area contributed by atoms with Gasteiger partial charge in [-0.1, -0.05) is 0 Å². The second kappa shape index (κ2) is 4.30. The predicted octanol–water partition coefficient (Wildman–Crippen LogP) is 2.66. The highest BCUT2D eigenvalue weighted by atomic mass is 32.2. The molecule has 66 valence electrons. The van der Waals surface area contributed by atoms with Crippen LogP contribution in [0, 0.1) is 11.6 Å². The van der Waals surface area contributed by atoms with Crippen molar-refractivity contribution in [3.63, 3.8) is 0 Å². The summed E-state index contributed by atoms with van der Waals surface area (Å²) in [6.45, 7) is 0. The van der Waals surface area contributed by atoms with Crippen molar-refractivity contribution < 1.29 is 13.5 Å². The monoisotopic (exact) mass is 190 g/mol. The number of rotatable bonds is 3. The van der Waals surface area contributed by atoms with Crippen LogP contribution in [0.1, 0.15) is 0 Å². The Morgan fingerprint density at radius 1 is 1.42 bits per heavy atom. The summed E-state index contributed by atoms with van der Waals surface area (Å²) >= 11 is 1.40. The average Bonchev–Trinajstić information content (AvgIpc) is 2.07. The van der Waals surface area contributed by atoms with Gasteiger partial charge in [-0.05, 0) is 18.4 Å². The molecule has 1 aromatic carbocycles. The highest BCUT2D eigenvalue weighted by molar-refractivity contribution is 7.98. The lowest BCUT2D eigenvalue weighted by Gasteiger charge is -2.04. The van der Waals surface area contributed by atoms with Gasteiger partial charge in [-0.25, -0.2) is 8.78 Å². The first-order chi connectivity index (χ1) is 5.74. The van der Waals surface area contributed by atoms with E-state index in [1.807, 2.05) is 6.26 Å². The van der Waals surface area contributed by atoms with Crippen LogP contribution in [0.15, 0.2) is 18.2 Å². The van der Waals surface area contributed by atoms with Crippen LogP contribution < -0.4 is 4.74 Å². The molecule has 1 nitrogen and oxygen atoms in total. The van der Waals surface area contributed by atoms with Gasteiger partial charge in [0.2, 0.25) is 0 Å². The van der Waals surface area contributed by atoms with E-state index in [1.165, 1.54) is 11.8 Å². The Labute approximate surface area is 73.7 Å². The van der Waals surface area contributed by atoms with Gasteiger partial charge < -0.3 is 4.74 Å². The van der Waals surface area contributed by atoms with Crippen molar-refractivity contribution in [2.75, 3.05) is 12.2 Å². The first kappa shape index (κ1) is 9.32. The van der Waals surface area contributed by atoms with Crippen molar-refractivity contribution in [2.45, 2.75) is 0 Å². The Bertz CT molecular complexity index is 265. The van der Waals surface area contributed by atoms with E-state index in [9.17, 15) is 8.78 Å². The van der Waals surface area contributed by atoms with Gasteiger partial charge in [0, 0.05) is 6.07 Å². The highest BCUT2D eigenvalue weighted by Gasteiger charge is 2.03. The Morgan fingerprint density at radius 3 is 2.83 bits per heavy atom. The Balaban J connectivity index is 2.75. The van der Waals surface area contributed by atoms with Crippen LogP contribution in [-0.2, 0) is 0 Å². The van der Waals surface area contributed by atoms with Crippen molar-refractivity contribution in [1.29, 1.82) is 0 Å². The van der Waals surface area contributed by atoms with Gasteiger partial charge in [-0.3, -0.25) is 0 Å². The predicted molar refractivity (Wildman–Crippen MR) is 45.4 cm³/mol. The van der Waals surface area contributed by atoms with Crippen LogP contribution in [0.3, 0.4) is 0 Å². The Morgan fingerprint density at radius 2 is 2.17 bits per heavy atom. The molecular formula is C8H8F2OS. The van der Waals surface area contributed by atoms with Crippen LogP contribution in [0.4, 0.5) is 8.78 Å². The van der Waals surface area contributed by atoms with Gasteiger partial charge in [0.15, 0.2) is 11.6 Å². The van der Waals surface area contributed by atoms with Crippen molar-refractivity contribution in [3.05, 3.63) is 29.8 Å². The molecule has 0 heterocycles. The van der Waals surface area contributed by atoms with E-state index in [1.54, 1.807) is 0 Å². The molecule has 0 radical (unpaired) electrons.